The smallest absolute Gasteiger partial charge is 0.0698 e. The summed E-state index contributed by atoms with van der Waals surface area (Å²) in [6, 6.07) is 10.9. The van der Waals surface area contributed by atoms with Gasteiger partial charge in [0.2, 0.25) is 0 Å². The Labute approximate surface area is 123 Å². The summed E-state index contributed by atoms with van der Waals surface area (Å²) in [6.45, 7) is 6.67. The quantitative estimate of drug-likeness (QED) is 0.862. The van der Waals surface area contributed by atoms with Crippen LogP contribution in [0.15, 0.2) is 30.3 Å². The van der Waals surface area contributed by atoms with E-state index < -0.39 is 0 Å². The summed E-state index contributed by atoms with van der Waals surface area (Å²) in [5, 5.41) is 3.36. The molecule has 3 nitrogen and oxygen atoms in total. The molecule has 0 spiro atoms. The SMILES string of the molecule is CNCC(C)(CN1CCCC(OC)C1)c1ccccc1. The number of methoxy groups -OCH3 is 1. The lowest BCUT2D eigenvalue weighted by Gasteiger charge is -2.39. The van der Waals surface area contributed by atoms with Crippen molar-refractivity contribution < 1.29 is 4.74 Å². The van der Waals surface area contributed by atoms with Crippen molar-refractivity contribution >= 4 is 0 Å². The molecule has 1 N–H and O–H groups in total. The second kappa shape index (κ2) is 7.21. The molecule has 1 aliphatic heterocycles. The van der Waals surface area contributed by atoms with Gasteiger partial charge < -0.3 is 10.1 Å². The van der Waals surface area contributed by atoms with Crippen molar-refractivity contribution in [2.45, 2.75) is 31.3 Å². The zero-order chi connectivity index (χ0) is 14.4. The molecule has 0 saturated carbocycles. The molecule has 2 unspecified atom stereocenters. The highest BCUT2D eigenvalue weighted by molar-refractivity contribution is 5.25. The van der Waals surface area contributed by atoms with Gasteiger partial charge in [-0.05, 0) is 32.0 Å². The van der Waals surface area contributed by atoms with E-state index in [4.69, 9.17) is 4.74 Å². The molecule has 0 amide bonds. The summed E-state index contributed by atoms with van der Waals surface area (Å²) in [5.74, 6) is 0. The second-order valence-corrected chi connectivity index (χ2v) is 6.19. The average Bonchev–Trinajstić information content (AvgIpc) is 2.48. The van der Waals surface area contributed by atoms with Crippen LogP contribution in [0.4, 0.5) is 0 Å². The number of nitrogens with one attached hydrogen (secondary N) is 1. The molecule has 1 fully saturated rings. The van der Waals surface area contributed by atoms with Crippen molar-refractivity contribution in [3.63, 3.8) is 0 Å². The van der Waals surface area contributed by atoms with E-state index in [0.717, 1.165) is 19.6 Å². The predicted octanol–water partition coefficient (Wildman–Crippen LogP) is 2.27. The van der Waals surface area contributed by atoms with Crippen LogP contribution in [-0.2, 0) is 10.2 Å². The lowest BCUT2D eigenvalue weighted by atomic mass is 9.81. The highest BCUT2D eigenvalue weighted by atomic mass is 16.5. The Morgan fingerprint density at radius 2 is 2.10 bits per heavy atom. The average molecular weight is 276 g/mol. The van der Waals surface area contributed by atoms with Crippen molar-refractivity contribution in [3.05, 3.63) is 35.9 Å². The minimum absolute atomic E-state index is 0.144. The first-order valence-corrected chi connectivity index (χ1v) is 7.63. The highest BCUT2D eigenvalue weighted by Crippen LogP contribution is 2.26. The lowest BCUT2D eigenvalue weighted by molar-refractivity contribution is 0.0240. The molecular weight excluding hydrogens is 248 g/mol. The monoisotopic (exact) mass is 276 g/mol. The summed E-state index contributed by atoms with van der Waals surface area (Å²) in [7, 11) is 3.87. The van der Waals surface area contributed by atoms with Gasteiger partial charge in [-0.15, -0.1) is 0 Å². The minimum atomic E-state index is 0.144. The molecule has 1 saturated heterocycles. The van der Waals surface area contributed by atoms with Crippen LogP contribution in [0.3, 0.4) is 0 Å². The third-order valence-corrected chi connectivity index (χ3v) is 4.41. The number of ether oxygens (including phenoxy) is 1. The molecule has 112 valence electrons. The fourth-order valence-electron chi connectivity index (χ4n) is 3.32. The molecule has 1 heterocycles. The van der Waals surface area contributed by atoms with E-state index in [1.54, 1.807) is 0 Å². The van der Waals surface area contributed by atoms with Crippen LogP contribution in [-0.4, -0.2) is 51.3 Å². The maximum atomic E-state index is 5.54. The third-order valence-electron chi connectivity index (χ3n) is 4.41. The number of piperidine rings is 1. The van der Waals surface area contributed by atoms with Gasteiger partial charge in [0.05, 0.1) is 6.10 Å². The summed E-state index contributed by atoms with van der Waals surface area (Å²) in [4.78, 5) is 2.56. The Kier molecular flexibility index (Phi) is 5.58. The van der Waals surface area contributed by atoms with E-state index in [2.05, 4.69) is 47.5 Å². The van der Waals surface area contributed by atoms with Crippen molar-refractivity contribution in [1.29, 1.82) is 0 Å². The molecule has 2 atom stereocenters. The topological polar surface area (TPSA) is 24.5 Å². The van der Waals surface area contributed by atoms with Crippen LogP contribution in [0.1, 0.15) is 25.3 Å². The Bertz CT molecular complexity index is 395. The molecule has 0 aliphatic carbocycles. The fourth-order valence-corrected chi connectivity index (χ4v) is 3.32. The van der Waals surface area contributed by atoms with Crippen molar-refractivity contribution in [1.82, 2.24) is 10.2 Å². The van der Waals surface area contributed by atoms with Crippen molar-refractivity contribution in [3.8, 4) is 0 Å². The molecule has 0 radical (unpaired) electrons. The molecule has 1 aromatic carbocycles. The number of likely N-dealkylation sites (N-methyl/N-ethyl adjacent to an activating group) is 1. The summed E-state index contributed by atoms with van der Waals surface area (Å²) in [5.41, 5.74) is 1.56. The summed E-state index contributed by atoms with van der Waals surface area (Å²) >= 11 is 0. The molecule has 3 heteroatoms. The van der Waals surface area contributed by atoms with Gasteiger partial charge in [-0.3, -0.25) is 4.90 Å². The first kappa shape index (κ1) is 15.5. The number of hydrogen-bond acceptors (Lipinski definition) is 3. The highest BCUT2D eigenvalue weighted by Gasteiger charge is 2.30. The maximum Gasteiger partial charge on any atom is 0.0698 e. The van der Waals surface area contributed by atoms with Crippen LogP contribution < -0.4 is 5.32 Å². The number of nitrogens with zero attached hydrogens (tertiary/aromatic N) is 1. The summed E-state index contributed by atoms with van der Waals surface area (Å²) < 4.78 is 5.54. The first-order chi connectivity index (χ1) is 9.68. The molecule has 20 heavy (non-hydrogen) atoms. The van der Waals surface area contributed by atoms with Gasteiger partial charge in [0.15, 0.2) is 0 Å². The Morgan fingerprint density at radius 1 is 1.35 bits per heavy atom. The molecule has 2 rings (SSSR count). The zero-order valence-electron chi connectivity index (χ0n) is 13.1. The first-order valence-electron chi connectivity index (χ1n) is 7.63. The van der Waals surface area contributed by atoms with E-state index >= 15 is 0 Å². The number of benzene rings is 1. The fraction of sp³-hybridized carbons (Fsp3) is 0.647. The standard InChI is InChI=1S/C17H28N2O/c1-17(13-18-2,15-8-5-4-6-9-15)14-19-11-7-10-16(12-19)20-3/h4-6,8-9,16,18H,7,10-14H2,1-3H3. The molecule has 0 bridgehead atoms. The van der Waals surface area contributed by atoms with Crippen LogP contribution >= 0.6 is 0 Å². The Hall–Kier alpha value is -0.900. The molecular formula is C17H28N2O. The molecule has 1 aliphatic rings. The van der Waals surface area contributed by atoms with Crippen molar-refractivity contribution in [2.75, 3.05) is 40.3 Å². The lowest BCUT2D eigenvalue weighted by Crippen LogP contribution is -2.49. The van der Waals surface area contributed by atoms with E-state index in [1.807, 2.05) is 14.2 Å². The molecule has 0 aromatic heterocycles. The van der Waals surface area contributed by atoms with E-state index in [1.165, 1.54) is 24.9 Å². The maximum absolute atomic E-state index is 5.54. The van der Waals surface area contributed by atoms with Gasteiger partial charge in [-0.2, -0.15) is 0 Å². The second-order valence-electron chi connectivity index (χ2n) is 6.19. The van der Waals surface area contributed by atoms with E-state index in [0.29, 0.717) is 6.10 Å². The Morgan fingerprint density at radius 3 is 2.75 bits per heavy atom. The minimum Gasteiger partial charge on any atom is -0.380 e. The van der Waals surface area contributed by atoms with Gasteiger partial charge >= 0.3 is 0 Å². The predicted molar refractivity (Wildman–Crippen MR) is 84.2 cm³/mol. The normalized spacial score (nSPS) is 23.4. The summed E-state index contributed by atoms with van der Waals surface area (Å²) in [6.07, 6.45) is 2.84. The van der Waals surface area contributed by atoms with Crippen molar-refractivity contribution in [2.24, 2.45) is 0 Å². The van der Waals surface area contributed by atoms with Gasteiger partial charge in [-0.1, -0.05) is 37.3 Å². The number of rotatable bonds is 6. The largest absolute Gasteiger partial charge is 0.380 e. The van der Waals surface area contributed by atoms with Crippen LogP contribution in [0.2, 0.25) is 0 Å². The van der Waals surface area contributed by atoms with E-state index in [-0.39, 0.29) is 5.41 Å². The third kappa shape index (κ3) is 3.81. The van der Waals surface area contributed by atoms with Gasteiger partial charge in [0.1, 0.15) is 0 Å². The van der Waals surface area contributed by atoms with Gasteiger partial charge in [0, 0.05) is 32.2 Å². The Balaban J connectivity index is 2.09. The number of hydrogen-bond donors (Lipinski definition) is 1. The van der Waals surface area contributed by atoms with Crippen LogP contribution in [0, 0.1) is 0 Å². The zero-order valence-corrected chi connectivity index (χ0v) is 13.1. The van der Waals surface area contributed by atoms with Crippen LogP contribution in [0.5, 0.6) is 0 Å². The van der Waals surface area contributed by atoms with Crippen LogP contribution in [0.25, 0.3) is 0 Å². The van der Waals surface area contributed by atoms with Gasteiger partial charge in [0.25, 0.3) is 0 Å². The molecule has 1 aromatic rings. The van der Waals surface area contributed by atoms with E-state index in [9.17, 15) is 0 Å². The number of likely N-dealkylation sites (tertiary alicyclic amines) is 1. The van der Waals surface area contributed by atoms with Gasteiger partial charge in [-0.25, -0.2) is 0 Å².